The number of rotatable bonds is 15. The van der Waals surface area contributed by atoms with E-state index in [-0.39, 0.29) is 5.60 Å². The standard InChI is InChI=1S/C33H40O6/c1-25-11-13-26(14-12-25)31(34)38-29-19-21-30(22-20-29)39-32(35)27-15-17-28(18-16-27)37-24-10-8-6-5-7-9-23-33(2,3)36-4/h11-22H,5-10,23-24H2,1-4H3. The van der Waals surface area contributed by atoms with E-state index >= 15 is 0 Å². The van der Waals surface area contributed by atoms with Gasteiger partial charge >= 0.3 is 11.9 Å². The van der Waals surface area contributed by atoms with Gasteiger partial charge in [-0.1, -0.05) is 49.8 Å². The second-order valence-electron chi connectivity index (χ2n) is 10.3. The Balaban J connectivity index is 1.34. The Morgan fingerprint density at radius 3 is 1.56 bits per heavy atom. The molecule has 0 unspecified atom stereocenters. The van der Waals surface area contributed by atoms with E-state index in [4.69, 9.17) is 18.9 Å². The van der Waals surface area contributed by atoms with E-state index in [1.54, 1.807) is 67.8 Å². The maximum Gasteiger partial charge on any atom is 0.343 e. The molecular weight excluding hydrogens is 492 g/mol. The number of hydrogen-bond donors (Lipinski definition) is 0. The summed E-state index contributed by atoms with van der Waals surface area (Å²) in [6.07, 6.45) is 8.11. The van der Waals surface area contributed by atoms with Crippen molar-refractivity contribution < 1.29 is 28.5 Å². The third-order valence-corrected chi connectivity index (χ3v) is 6.62. The number of esters is 2. The van der Waals surface area contributed by atoms with Crippen LogP contribution in [0.3, 0.4) is 0 Å². The van der Waals surface area contributed by atoms with Crippen molar-refractivity contribution in [3.8, 4) is 17.2 Å². The van der Waals surface area contributed by atoms with Crippen LogP contribution in [0.4, 0.5) is 0 Å². The van der Waals surface area contributed by atoms with Gasteiger partial charge in [0.15, 0.2) is 0 Å². The van der Waals surface area contributed by atoms with Crippen molar-refractivity contribution in [3.05, 3.63) is 89.5 Å². The molecular formula is C33H40O6. The SMILES string of the molecule is COC(C)(C)CCCCCCCCOc1ccc(C(=O)Oc2ccc(OC(=O)c3ccc(C)cc3)cc2)cc1. The largest absolute Gasteiger partial charge is 0.494 e. The fraction of sp³-hybridized carbons (Fsp3) is 0.394. The quantitative estimate of drug-likeness (QED) is 0.112. The van der Waals surface area contributed by atoms with E-state index in [1.165, 1.54) is 25.7 Å². The minimum atomic E-state index is -0.472. The van der Waals surface area contributed by atoms with Crippen LogP contribution in [0.1, 0.15) is 85.1 Å². The number of hydrogen-bond acceptors (Lipinski definition) is 6. The normalized spacial score (nSPS) is 11.2. The summed E-state index contributed by atoms with van der Waals surface area (Å²) in [4.78, 5) is 24.8. The van der Waals surface area contributed by atoms with Gasteiger partial charge in [0.25, 0.3) is 0 Å². The van der Waals surface area contributed by atoms with Crippen LogP contribution in [0.2, 0.25) is 0 Å². The Bertz CT molecular complexity index is 1160. The summed E-state index contributed by atoms with van der Waals surface area (Å²) in [5, 5.41) is 0. The average Bonchev–Trinajstić information content (AvgIpc) is 2.93. The Labute approximate surface area is 232 Å². The lowest BCUT2D eigenvalue weighted by molar-refractivity contribution is 0.0134. The molecule has 0 saturated heterocycles. The number of methoxy groups -OCH3 is 1. The van der Waals surface area contributed by atoms with Crippen molar-refractivity contribution >= 4 is 11.9 Å². The Kier molecular flexibility index (Phi) is 11.6. The van der Waals surface area contributed by atoms with Crippen LogP contribution in [0.5, 0.6) is 17.2 Å². The molecule has 0 aliphatic heterocycles. The second kappa shape index (κ2) is 15.1. The molecule has 3 aromatic rings. The van der Waals surface area contributed by atoms with Crippen molar-refractivity contribution in [2.45, 2.75) is 71.3 Å². The topological polar surface area (TPSA) is 71.1 Å². The Hall–Kier alpha value is -3.64. The molecule has 0 radical (unpaired) electrons. The molecule has 0 saturated carbocycles. The Morgan fingerprint density at radius 2 is 1.05 bits per heavy atom. The molecule has 0 fully saturated rings. The Morgan fingerprint density at radius 1 is 0.615 bits per heavy atom. The van der Waals surface area contributed by atoms with Crippen molar-refractivity contribution in [3.63, 3.8) is 0 Å². The van der Waals surface area contributed by atoms with E-state index in [9.17, 15) is 9.59 Å². The zero-order valence-corrected chi connectivity index (χ0v) is 23.5. The lowest BCUT2D eigenvalue weighted by Gasteiger charge is -2.22. The molecule has 3 aromatic carbocycles. The van der Waals surface area contributed by atoms with E-state index in [0.29, 0.717) is 29.2 Å². The van der Waals surface area contributed by atoms with Gasteiger partial charge in [0.2, 0.25) is 0 Å². The number of carbonyl (C=O) groups is 2. The molecule has 0 aliphatic rings. The summed E-state index contributed by atoms with van der Waals surface area (Å²) in [6.45, 7) is 6.87. The van der Waals surface area contributed by atoms with Gasteiger partial charge in [0, 0.05) is 7.11 Å². The fourth-order valence-electron chi connectivity index (χ4n) is 3.94. The van der Waals surface area contributed by atoms with E-state index in [2.05, 4.69) is 13.8 Å². The number of ether oxygens (including phenoxy) is 4. The summed E-state index contributed by atoms with van der Waals surface area (Å²) in [6, 6.07) is 20.5. The van der Waals surface area contributed by atoms with E-state index in [1.807, 2.05) is 19.1 Å². The highest BCUT2D eigenvalue weighted by Gasteiger charge is 2.15. The molecule has 0 bridgehead atoms. The molecule has 0 spiro atoms. The monoisotopic (exact) mass is 532 g/mol. The number of aryl methyl sites for hydroxylation is 1. The minimum absolute atomic E-state index is 0.0218. The molecule has 0 amide bonds. The van der Waals surface area contributed by atoms with Crippen LogP contribution in [-0.4, -0.2) is 31.3 Å². The van der Waals surface area contributed by atoms with Gasteiger partial charge < -0.3 is 18.9 Å². The van der Waals surface area contributed by atoms with Gasteiger partial charge in [-0.3, -0.25) is 0 Å². The highest BCUT2D eigenvalue weighted by molar-refractivity contribution is 5.92. The number of carbonyl (C=O) groups excluding carboxylic acids is 2. The molecule has 0 N–H and O–H groups in total. The molecule has 0 atom stereocenters. The molecule has 0 aromatic heterocycles. The lowest BCUT2D eigenvalue weighted by Crippen LogP contribution is -2.21. The van der Waals surface area contributed by atoms with Crippen molar-refractivity contribution in [2.24, 2.45) is 0 Å². The predicted octanol–water partition coefficient (Wildman–Crippen LogP) is 7.97. The first-order valence-corrected chi connectivity index (χ1v) is 13.6. The maximum atomic E-state index is 12.5. The smallest absolute Gasteiger partial charge is 0.343 e. The van der Waals surface area contributed by atoms with Crippen LogP contribution in [0.15, 0.2) is 72.8 Å². The number of benzene rings is 3. The number of unbranched alkanes of at least 4 members (excludes halogenated alkanes) is 5. The van der Waals surface area contributed by atoms with Crippen LogP contribution in [-0.2, 0) is 4.74 Å². The fourth-order valence-corrected chi connectivity index (χ4v) is 3.94. The first kappa shape index (κ1) is 29.9. The highest BCUT2D eigenvalue weighted by atomic mass is 16.5. The van der Waals surface area contributed by atoms with Gasteiger partial charge in [0.1, 0.15) is 17.2 Å². The second-order valence-corrected chi connectivity index (χ2v) is 10.3. The third kappa shape index (κ3) is 10.6. The van der Waals surface area contributed by atoms with Gasteiger partial charge in [-0.25, -0.2) is 9.59 Å². The van der Waals surface area contributed by atoms with Crippen molar-refractivity contribution in [1.29, 1.82) is 0 Å². The average molecular weight is 533 g/mol. The summed E-state index contributed by atoms with van der Waals surface area (Å²) in [5.74, 6) is 0.541. The molecule has 6 heteroatoms. The van der Waals surface area contributed by atoms with E-state index in [0.717, 1.165) is 30.6 Å². The minimum Gasteiger partial charge on any atom is -0.494 e. The summed E-state index contributed by atoms with van der Waals surface area (Å²) in [7, 11) is 1.77. The van der Waals surface area contributed by atoms with Crippen molar-refractivity contribution in [2.75, 3.05) is 13.7 Å². The van der Waals surface area contributed by atoms with Crippen LogP contribution in [0.25, 0.3) is 0 Å². The van der Waals surface area contributed by atoms with Crippen LogP contribution >= 0.6 is 0 Å². The first-order chi connectivity index (χ1) is 18.8. The lowest BCUT2D eigenvalue weighted by atomic mass is 9.99. The zero-order chi connectivity index (χ0) is 28.1. The summed E-state index contributed by atoms with van der Waals surface area (Å²) < 4.78 is 22.1. The van der Waals surface area contributed by atoms with Gasteiger partial charge in [0.05, 0.1) is 23.3 Å². The highest BCUT2D eigenvalue weighted by Crippen LogP contribution is 2.21. The summed E-state index contributed by atoms with van der Waals surface area (Å²) in [5.41, 5.74) is 1.94. The predicted molar refractivity (Wildman–Crippen MR) is 153 cm³/mol. The van der Waals surface area contributed by atoms with Crippen molar-refractivity contribution in [1.82, 2.24) is 0 Å². The molecule has 39 heavy (non-hydrogen) atoms. The third-order valence-electron chi connectivity index (χ3n) is 6.62. The summed E-state index contributed by atoms with van der Waals surface area (Å²) >= 11 is 0. The zero-order valence-electron chi connectivity index (χ0n) is 23.5. The van der Waals surface area contributed by atoms with Gasteiger partial charge in [-0.2, -0.15) is 0 Å². The van der Waals surface area contributed by atoms with Crippen LogP contribution < -0.4 is 14.2 Å². The molecule has 6 nitrogen and oxygen atoms in total. The van der Waals surface area contributed by atoms with Gasteiger partial charge in [-0.15, -0.1) is 0 Å². The van der Waals surface area contributed by atoms with E-state index < -0.39 is 11.9 Å². The molecule has 0 heterocycles. The van der Waals surface area contributed by atoms with Crippen LogP contribution in [0, 0.1) is 6.92 Å². The molecule has 208 valence electrons. The van der Waals surface area contributed by atoms with Gasteiger partial charge in [-0.05, 0) is 94.3 Å². The maximum absolute atomic E-state index is 12.5. The molecule has 0 aliphatic carbocycles. The molecule has 3 rings (SSSR count). The first-order valence-electron chi connectivity index (χ1n) is 13.6.